The lowest BCUT2D eigenvalue weighted by molar-refractivity contribution is -0.384. The van der Waals surface area contributed by atoms with Gasteiger partial charge in [0.2, 0.25) is 23.6 Å². The maximum Gasteiger partial charge on any atom is 0.271 e. The van der Waals surface area contributed by atoms with E-state index >= 15 is 0 Å². The Balaban J connectivity index is 1.36. The molecule has 1 N–H and O–H groups in total. The molecule has 0 bridgehead atoms. The zero-order valence-corrected chi connectivity index (χ0v) is 24.5. The summed E-state index contributed by atoms with van der Waals surface area (Å²) in [4.78, 5) is 69.2. The number of allylic oxidation sites excluding steroid dienone is 2. The van der Waals surface area contributed by atoms with E-state index < -0.39 is 69.4 Å². The second kappa shape index (κ2) is 10.1. The van der Waals surface area contributed by atoms with E-state index in [9.17, 15) is 38.8 Å². The van der Waals surface area contributed by atoms with E-state index in [4.69, 9.17) is 11.6 Å². The van der Waals surface area contributed by atoms with Crippen LogP contribution in [0.1, 0.15) is 31.2 Å². The van der Waals surface area contributed by atoms with Gasteiger partial charge in [0.05, 0.1) is 44.5 Å². The lowest BCUT2D eigenvalue weighted by atomic mass is 9.51. The molecule has 6 atom stereocenters. The molecule has 2 heterocycles. The fraction of sp³-hybridized carbons (Fsp3) is 0.273. The topological polar surface area (TPSA) is 138 Å². The number of aromatic hydroxyl groups is 1. The van der Waals surface area contributed by atoms with Gasteiger partial charge in [-0.2, -0.15) is 0 Å². The molecule has 0 aromatic heterocycles. The van der Waals surface area contributed by atoms with Crippen LogP contribution in [-0.2, 0) is 19.2 Å². The molecule has 3 aromatic carbocycles. The van der Waals surface area contributed by atoms with Gasteiger partial charge in [0.15, 0.2) is 0 Å². The van der Waals surface area contributed by atoms with Crippen molar-refractivity contribution >= 4 is 52.3 Å². The minimum Gasteiger partial charge on any atom is -0.508 e. The summed E-state index contributed by atoms with van der Waals surface area (Å²) in [7, 11) is 0. The van der Waals surface area contributed by atoms with Gasteiger partial charge in [0, 0.05) is 23.6 Å². The molecule has 12 heteroatoms. The Morgan fingerprint density at radius 3 is 2.38 bits per heavy atom. The SMILES string of the molecule is CC12C(=O)N(c3ccc(F)c(Cl)c3)C(=O)C1CC1C(=CCC3C(=O)N(c4cccc([N+](=O)[O-])c4)C(=O)C31)C2c1ccccc1O. The third-order valence-corrected chi connectivity index (χ3v) is 10.3. The van der Waals surface area contributed by atoms with Crippen LogP contribution >= 0.6 is 11.6 Å². The van der Waals surface area contributed by atoms with Crippen LogP contribution in [0.25, 0.3) is 0 Å². The Morgan fingerprint density at radius 2 is 1.67 bits per heavy atom. The lowest BCUT2D eigenvalue weighted by Crippen LogP contribution is -2.48. The van der Waals surface area contributed by atoms with Crippen LogP contribution in [-0.4, -0.2) is 33.7 Å². The average molecular weight is 630 g/mol. The number of halogens is 2. The lowest BCUT2D eigenvalue weighted by Gasteiger charge is -2.49. The summed E-state index contributed by atoms with van der Waals surface area (Å²) in [6, 6.07) is 15.4. The number of phenolic OH excluding ortho intramolecular Hbond substituents is 1. The Morgan fingerprint density at radius 1 is 0.933 bits per heavy atom. The fourth-order valence-corrected chi connectivity index (χ4v) is 8.14. The number of non-ortho nitro benzene ring substituents is 1. The number of benzene rings is 3. The molecular formula is C33H25ClFN3O7. The predicted molar refractivity (Wildman–Crippen MR) is 160 cm³/mol. The number of hydrogen-bond acceptors (Lipinski definition) is 7. The van der Waals surface area contributed by atoms with Crippen LogP contribution in [0.15, 0.2) is 78.4 Å². The van der Waals surface area contributed by atoms with Crippen molar-refractivity contribution in [2.24, 2.45) is 29.1 Å². The fourth-order valence-electron chi connectivity index (χ4n) is 7.96. The van der Waals surface area contributed by atoms with Crippen LogP contribution in [0.4, 0.5) is 21.5 Å². The summed E-state index contributed by atoms with van der Waals surface area (Å²) in [5.74, 6) is -7.09. The van der Waals surface area contributed by atoms with Crippen molar-refractivity contribution in [3.05, 3.63) is 105 Å². The summed E-state index contributed by atoms with van der Waals surface area (Å²) in [5.41, 5.74) is -0.435. The Kier molecular flexibility index (Phi) is 6.45. The number of fused-ring (bicyclic) bond motifs is 4. The summed E-state index contributed by atoms with van der Waals surface area (Å²) in [5, 5.41) is 22.2. The number of rotatable bonds is 4. The van der Waals surface area contributed by atoms with Crippen molar-refractivity contribution in [1.82, 2.24) is 0 Å². The Bertz CT molecular complexity index is 1900. The summed E-state index contributed by atoms with van der Waals surface area (Å²) >= 11 is 6.02. The molecule has 228 valence electrons. The number of carbonyl (C=O) groups is 4. The van der Waals surface area contributed by atoms with E-state index in [1.54, 1.807) is 25.1 Å². The van der Waals surface area contributed by atoms with E-state index in [1.807, 2.05) is 6.08 Å². The standard InChI is InChI=1S/C33H25ClFN3O7/c1-33-23(30(41)37(32(33)43)17-9-12-25(35)24(34)14-17)15-22-19(28(33)20-7-2-3-8-26(20)39)10-11-21-27(22)31(42)36(29(21)40)16-5-4-6-18(13-16)38(44)45/h2-10,12-14,21-23,27-28,39H,11,15H2,1H3. The number of carbonyl (C=O) groups excluding carboxylic acids is 4. The van der Waals surface area contributed by atoms with E-state index in [0.717, 1.165) is 15.9 Å². The minimum atomic E-state index is -1.41. The van der Waals surface area contributed by atoms with E-state index in [2.05, 4.69) is 0 Å². The van der Waals surface area contributed by atoms with Crippen molar-refractivity contribution in [3.63, 3.8) is 0 Å². The van der Waals surface area contributed by atoms with Gasteiger partial charge in [-0.3, -0.25) is 29.3 Å². The molecule has 10 nitrogen and oxygen atoms in total. The Hall–Kier alpha value is -4.90. The highest BCUT2D eigenvalue weighted by Gasteiger charge is 2.68. The van der Waals surface area contributed by atoms with E-state index in [0.29, 0.717) is 11.1 Å². The monoisotopic (exact) mass is 629 g/mol. The third kappa shape index (κ3) is 3.99. The number of phenols is 1. The molecule has 6 unspecified atom stereocenters. The normalized spacial score (nSPS) is 29.0. The van der Waals surface area contributed by atoms with Crippen molar-refractivity contribution in [3.8, 4) is 5.75 Å². The number of nitro groups is 1. The summed E-state index contributed by atoms with van der Waals surface area (Å²) < 4.78 is 14.0. The highest BCUT2D eigenvalue weighted by Crippen LogP contribution is 2.64. The average Bonchev–Trinajstić information content (AvgIpc) is 3.38. The zero-order chi connectivity index (χ0) is 31.9. The van der Waals surface area contributed by atoms with Crippen LogP contribution in [0.3, 0.4) is 0 Å². The van der Waals surface area contributed by atoms with Gasteiger partial charge in [-0.25, -0.2) is 14.2 Å². The minimum absolute atomic E-state index is 0.0609. The molecule has 1 saturated carbocycles. The number of amides is 4. The van der Waals surface area contributed by atoms with Crippen molar-refractivity contribution in [2.75, 3.05) is 9.80 Å². The highest BCUT2D eigenvalue weighted by molar-refractivity contribution is 6.32. The van der Waals surface area contributed by atoms with Gasteiger partial charge in [0.1, 0.15) is 11.6 Å². The number of anilines is 2. The summed E-state index contributed by atoms with van der Waals surface area (Å²) in [6.07, 6.45) is 2.06. The van der Waals surface area contributed by atoms with Gasteiger partial charge in [-0.1, -0.05) is 47.5 Å². The van der Waals surface area contributed by atoms with Gasteiger partial charge in [-0.15, -0.1) is 0 Å². The molecule has 2 aliphatic heterocycles. The third-order valence-electron chi connectivity index (χ3n) is 9.98. The number of para-hydroxylation sites is 1. The van der Waals surface area contributed by atoms with Crippen LogP contribution in [0, 0.1) is 45.0 Å². The smallest absolute Gasteiger partial charge is 0.271 e. The number of nitrogens with zero attached hydrogens (tertiary/aromatic N) is 3. The Labute approximate surface area is 260 Å². The molecular weight excluding hydrogens is 605 g/mol. The molecule has 4 aliphatic rings. The van der Waals surface area contributed by atoms with Crippen LogP contribution in [0.5, 0.6) is 5.75 Å². The van der Waals surface area contributed by atoms with Crippen molar-refractivity contribution in [1.29, 1.82) is 0 Å². The second-order valence-electron chi connectivity index (χ2n) is 12.1. The van der Waals surface area contributed by atoms with Crippen LogP contribution in [0.2, 0.25) is 5.02 Å². The summed E-state index contributed by atoms with van der Waals surface area (Å²) in [6.45, 7) is 1.67. The number of hydrogen-bond donors (Lipinski definition) is 1. The maximum absolute atomic E-state index is 14.4. The van der Waals surface area contributed by atoms with E-state index in [1.165, 1.54) is 42.5 Å². The first-order chi connectivity index (χ1) is 21.4. The molecule has 0 spiro atoms. The first-order valence-electron chi connectivity index (χ1n) is 14.4. The molecule has 4 amide bonds. The van der Waals surface area contributed by atoms with E-state index in [-0.39, 0.29) is 40.7 Å². The molecule has 2 saturated heterocycles. The molecule has 45 heavy (non-hydrogen) atoms. The van der Waals surface area contributed by atoms with Gasteiger partial charge in [0.25, 0.3) is 5.69 Å². The molecule has 0 radical (unpaired) electrons. The molecule has 3 fully saturated rings. The second-order valence-corrected chi connectivity index (χ2v) is 12.5. The molecule has 7 rings (SSSR count). The first-order valence-corrected chi connectivity index (χ1v) is 14.8. The van der Waals surface area contributed by atoms with Gasteiger partial charge < -0.3 is 5.11 Å². The van der Waals surface area contributed by atoms with Gasteiger partial charge in [-0.05, 0) is 56.0 Å². The maximum atomic E-state index is 14.4. The quantitative estimate of drug-likeness (QED) is 0.173. The van der Waals surface area contributed by atoms with Gasteiger partial charge >= 0.3 is 0 Å². The number of imide groups is 2. The highest BCUT2D eigenvalue weighted by atomic mass is 35.5. The first kappa shape index (κ1) is 28.8. The molecule has 3 aromatic rings. The largest absolute Gasteiger partial charge is 0.508 e. The predicted octanol–water partition coefficient (Wildman–Crippen LogP) is 5.53. The number of nitro benzene ring substituents is 1. The van der Waals surface area contributed by atoms with Crippen LogP contribution < -0.4 is 9.80 Å². The molecule has 2 aliphatic carbocycles. The van der Waals surface area contributed by atoms with Crippen molar-refractivity contribution in [2.45, 2.75) is 25.7 Å². The van der Waals surface area contributed by atoms with Crippen molar-refractivity contribution < 1.29 is 33.6 Å². The zero-order valence-electron chi connectivity index (χ0n) is 23.7.